The van der Waals surface area contributed by atoms with Crippen molar-refractivity contribution in [1.82, 2.24) is 14.9 Å². The fourth-order valence-electron chi connectivity index (χ4n) is 4.03. The summed E-state index contributed by atoms with van der Waals surface area (Å²) in [6.45, 7) is 9.44. The summed E-state index contributed by atoms with van der Waals surface area (Å²) in [5.74, 6) is 0.628. The maximum Gasteiger partial charge on any atom is 0.416 e. The molecule has 6 nitrogen and oxygen atoms in total. The van der Waals surface area contributed by atoms with E-state index in [0.29, 0.717) is 35.4 Å². The summed E-state index contributed by atoms with van der Waals surface area (Å²) in [7, 11) is 0. The van der Waals surface area contributed by atoms with Crippen LogP contribution >= 0.6 is 0 Å². The van der Waals surface area contributed by atoms with E-state index in [1.165, 1.54) is 12.1 Å². The zero-order valence-corrected chi connectivity index (χ0v) is 21.0. The molecule has 2 aromatic carbocycles. The Morgan fingerprint density at radius 3 is 2.36 bits per heavy atom. The number of fused-ring (bicyclic) bond motifs is 1. The molecule has 0 saturated heterocycles. The predicted molar refractivity (Wildman–Crippen MR) is 131 cm³/mol. The van der Waals surface area contributed by atoms with Gasteiger partial charge in [-0.1, -0.05) is 17.3 Å². The molecule has 0 amide bonds. The van der Waals surface area contributed by atoms with Crippen molar-refractivity contribution in [1.29, 1.82) is 0 Å². The molecule has 4 aromatic rings. The van der Waals surface area contributed by atoms with E-state index in [1.54, 1.807) is 19.9 Å². The van der Waals surface area contributed by atoms with E-state index in [1.807, 2.05) is 37.6 Å². The molecule has 0 unspecified atom stereocenters. The van der Waals surface area contributed by atoms with Crippen LogP contribution in [-0.2, 0) is 19.0 Å². The number of aryl methyl sites for hydroxylation is 3. The van der Waals surface area contributed by atoms with Crippen molar-refractivity contribution in [3.05, 3.63) is 65.0 Å². The lowest BCUT2D eigenvalue weighted by Gasteiger charge is -2.24. The van der Waals surface area contributed by atoms with Crippen LogP contribution in [0, 0.1) is 6.92 Å². The minimum atomic E-state index is -4.37. The third-order valence-electron chi connectivity index (χ3n) is 6.04. The number of hydrogen-bond donors (Lipinski definition) is 1. The van der Waals surface area contributed by atoms with Gasteiger partial charge in [0.1, 0.15) is 11.4 Å². The molecule has 192 valence electrons. The highest BCUT2D eigenvalue weighted by atomic mass is 19.4. The van der Waals surface area contributed by atoms with Crippen LogP contribution in [0.4, 0.5) is 13.2 Å². The molecule has 36 heavy (non-hydrogen) atoms. The molecule has 2 aromatic heterocycles. The van der Waals surface area contributed by atoms with E-state index >= 15 is 0 Å². The predicted octanol–water partition coefficient (Wildman–Crippen LogP) is 6.53. The average molecular weight is 502 g/mol. The first-order valence-electron chi connectivity index (χ1n) is 11.8. The van der Waals surface area contributed by atoms with E-state index in [9.17, 15) is 18.3 Å². The van der Waals surface area contributed by atoms with Crippen molar-refractivity contribution < 1.29 is 27.5 Å². The summed E-state index contributed by atoms with van der Waals surface area (Å²) in [5.41, 5.74) is 3.11. The fraction of sp³-hybridized carbons (Fsp3) is 0.407. The number of aromatic nitrogens is 3. The standard InChI is InChI=1S/C27H30F3N3O3/c1-16(2)33-20(13-23(31-33)18-6-8-19(9-7-18)27(28,29)30)10-11-22-21-12-17(3)24(14-25(21)36-32-22)35-26(4,5)15-34/h6-9,12-14,16,34H,10-11,15H2,1-5H3. The van der Waals surface area contributed by atoms with Crippen LogP contribution in [0.25, 0.3) is 22.2 Å². The molecule has 0 aliphatic heterocycles. The minimum Gasteiger partial charge on any atom is -0.485 e. The lowest BCUT2D eigenvalue weighted by atomic mass is 10.1. The Kier molecular flexibility index (Phi) is 6.88. The zero-order chi connectivity index (χ0) is 26.3. The summed E-state index contributed by atoms with van der Waals surface area (Å²) in [6.07, 6.45) is -3.15. The largest absolute Gasteiger partial charge is 0.485 e. The van der Waals surface area contributed by atoms with Gasteiger partial charge in [0.05, 0.1) is 23.6 Å². The van der Waals surface area contributed by atoms with Gasteiger partial charge in [-0.2, -0.15) is 18.3 Å². The summed E-state index contributed by atoms with van der Waals surface area (Å²) in [5, 5.41) is 19.3. The molecule has 0 aliphatic carbocycles. The van der Waals surface area contributed by atoms with Gasteiger partial charge in [-0.15, -0.1) is 0 Å². The summed E-state index contributed by atoms with van der Waals surface area (Å²) in [6, 6.07) is 10.8. The van der Waals surface area contributed by atoms with Gasteiger partial charge < -0.3 is 14.4 Å². The Morgan fingerprint density at radius 2 is 1.75 bits per heavy atom. The number of aliphatic hydroxyl groups excluding tert-OH is 1. The van der Waals surface area contributed by atoms with Gasteiger partial charge >= 0.3 is 6.18 Å². The molecule has 0 bridgehead atoms. The van der Waals surface area contributed by atoms with Crippen LogP contribution in [0.2, 0.25) is 0 Å². The van der Waals surface area contributed by atoms with Gasteiger partial charge in [0.2, 0.25) is 0 Å². The van der Waals surface area contributed by atoms with E-state index in [4.69, 9.17) is 9.26 Å². The van der Waals surface area contributed by atoms with Crippen LogP contribution in [0.1, 0.15) is 56.3 Å². The van der Waals surface area contributed by atoms with Crippen molar-refractivity contribution in [2.75, 3.05) is 6.61 Å². The van der Waals surface area contributed by atoms with E-state index in [0.717, 1.165) is 34.5 Å². The second-order valence-corrected chi connectivity index (χ2v) is 9.90. The normalized spacial score (nSPS) is 12.6. The first-order valence-corrected chi connectivity index (χ1v) is 11.8. The monoisotopic (exact) mass is 501 g/mol. The maximum absolute atomic E-state index is 12.9. The van der Waals surface area contributed by atoms with Gasteiger partial charge in [0, 0.05) is 28.8 Å². The van der Waals surface area contributed by atoms with Gasteiger partial charge in [0.25, 0.3) is 0 Å². The highest BCUT2D eigenvalue weighted by molar-refractivity contribution is 5.82. The maximum atomic E-state index is 12.9. The van der Waals surface area contributed by atoms with Gasteiger partial charge in [-0.05, 0) is 77.3 Å². The lowest BCUT2D eigenvalue weighted by Crippen LogP contribution is -2.32. The number of hydrogen-bond acceptors (Lipinski definition) is 5. The highest BCUT2D eigenvalue weighted by Gasteiger charge is 2.30. The third-order valence-corrected chi connectivity index (χ3v) is 6.04. The molecule has 2 heterocycles. The van der Waals surface area contributed by atoms with E-state index in [-0.39, 0.29) is 12.6 Å². The Labute approximate surface area is 207 Å². The number of aliphatic hydroxyl groups is 1. The zero-order valence-electron chi connectivity index (χ0n) is 21.0. The molecular formula is C27H30F3N3O3. The molecular weight excluding hydrogens is 471 g/mol. The van der Waals surface area contributed by atoms with Crippen LogP contribution in [0.15, 0.2) is 47.0 Å². The third kappa shape index (κ3) is 5.41. The number of halogens is 3. The second kappa shape index (κ2) is 9.61. The summed E-state index contributed by atoms with van der Waals surface area (Å²) >= 11 is 0. The smallest absolute Gasteiger partial charge is 0.416 e. The van der Waals surface area contributed by atoms with Crippen molar-refractivity contribution in [2.45, 2.75) is 65.3 Å². The Balaban J connectivity index is 1.57. The minimum absolute atomic E-state index is 0.0779. The van der Waals surface area contributed by atoms with Crippen LogP contribution in [-0.4, -0.2) is 32.3 Å². The first-order chi connectivity index (χ1) is 16.9. The van der Waals surface area contributed by atoms with Crippen molar-refractivity contribution in [3.8, 4) is 17.0 Å². The summed E-state index contributed by atoms with van der Waals surface area (Å²) < 4.78 is 52.2. The average Bonchev–Trinajstić information content (AvgIpc) is 3.41. The fourth-order valence-corrected chi connectivity index (χ4v) is 4.03. The number of benzene rings is 2. The van der Waals surface area contributed by atoms with Crippen molar-refractivity contribution in [3.63, 3.8) is 0 Å². The SMILES string of the molecule is Cc1cc2c(CCc3cc(-c4ccc(C(F)(F)F)cc4)nn3C(C)C)noc2cc1OC(C)(C)CO. The number of rotatable bonds is 8. The Hall–Kier alpha value is -3.33. The number of ether oxygens (including phenoxy) is 1. The second-order valence-electron chi connectivity index (χ2n) is 9.90. The molecule has 0 radical (unpaired) electrons. The van der Waals surface area contributed by atoms with Crippen LogP contribution in [0.5, 0.6) is 5.75 Å². The molecule has 0 aliphatic rings. The summed E-state index contributed by atoms with van der Waals surface area (Å²) in [4.78, 5) is 0. The number of alkyl halides is 3. The molecule has 0 fully saturated rings. The molecule has 0 atom stereocenters. The first kappa shape index (κ1) is 25.8. The molecule has 4 rings (SSSR count). The molecule has 0 saturated carbocycles. The van der Waals surface area contributed by atoms with E-state index < -0.39 is 17.3 Å². The van der Waals surface area contributed by atoms with Gasteiger partial charge in [-0.25, -0.2) is 0 Å². The number of nitrogens with zero attached hydrogens (tertiary/aromatic N) is 3. The Bertz CT molecular complexity index is 1350. The highest BCUT2D eigenvalue weighted by Crippen LogP contribution is 2.33. The molecule has 1 N–H and O–H groups in total. The van der Waals surface area contributed by atoms with Crippen LogP contribution < -0.4 is 4.74 Å². The van der Waals surface area contributed by atoms with Crippen LogP contribution in [0.3, 0.4) is 0 Å². The lowest BCUT2D eigenvalue weighted by molar-refractivity contribution is -0.137. The van der Waals surface area contributed by atoms with Crippen molar-refractivity contribution >= 4 is 11.0 Å². The molecule has 9 heteroatoms. The Morgan fingerprint density at radius 1 is 1.06 bits per heavy atom. The van der Waals surface area contributed by atoms with Gasteiger partial charge in [0.15, 0.2) is 5.58 Å². The quantitative estimate of drug-likeness (QED) is 0.297. The molecule has 0 spiro atoms. The van der Waals surface area contributed by atoms with Crippen molar-refractivity contribution in [2.24, 2.45) is 0 Å². The van der Waals surface area contributed by atoms with E-state index in [2.05, 4.69) is 10.3 Å². The van der Waals surface area contributed by atoms with Gasteiger partial charge in [-0.3, -0.25) is 4.68 Å². The topological polar surface area (TPSA) is 73.3 Å².